The van der Waals surface area contributed by atoms with Crippen LogP contribution in [0, 0.1) is 0 Å². The lowest BCUT2D eigenvalue weighted by Crippen LogP contribution is -2.22. The van der Waals surface area contributed by atoms with Crippen molar-refractivity contribution in [3.05, 3.63) is 23.3 Å². The van der Waals surface area contributed by atoms with Gasteiger partial charge in [-0.3, -0.25) is 4.79 Å². The van der Waals surface area contributed by atoms with Crippen molar-refractivity contribution in [2.75, 3.05) is 14.2 Å². The van der Waals surface area contributed by atoms with E-state index in [0.717, 1.165) is 6.07 Å². The summed E-state index contributed by atoms with van der Waals surface area (Å²) in [6.07, 6.45) is 0. The zero-order valence-electron chi connectivity index (χ0n) is 9.84. The number of carboxylic acid groups (broad SMARTS) is 2. The molecule has 7 heteroatoms. The number of methoxy groups -OCH3 is 2. The van der Waals surface area contributed by atoms with Crippen LogP contribution >= 0.6 is 0 Å². The summed E-state index contributed by atoms with van der Waals surface area (Å²) in [5.74, 6) is -2.28. The van der Waals surface area contributed by atoms with E-state index in [1.54, 1.807) is 0 Å². The molecular weight excluding hydrogens is 242 g/mol. The Morgan fingerprint density at radius 2 is 1.83 bits per heavy atom. The lowest BCUT2D eigenvalue weighted by atomic mass is 10.0. The molecule has 0 aliphatic carbocycles. The second-order valence-corrected chi connectivity index (χ2v) is 3.42. The van der Waals surface area contributed by atoms with Gasteiger partial charge in [-0.05, 0) is 12.1 Å². The minimum Gasteiger partial charge on any atom is -0.493 e. The maximum Gasteiger partial charge on any atom is 0.335 e. The number of carbonyl (C=O) groups is 2. The van der Waals surface area contributed by atoms with Gasteiger partial charge in [-0.15, -0.1) is 0 Å². The molecule has 0 radical (unpaired) electrons. The Hall–Kier alpha value is -2.28. The minimum absolute atomic E-state index is 0.0433. The van der Waals surface area contributed by atoms with Gasteiger partial charge in [0.1, 0.15) is 6.04 Å². The smallest absolute Gasteiger partial charge is 0.335 e. The highest BCUT2D eigenvalue weighted by Crippen LogP contribution is 2.35. The van der Waals surface area contributed by atoms with Gasteiger partial charge in [0, 0.05) is 5.56 Å². The summed E-state index contributed by atoms with van der Waals surface area (Å²) >= 11 is 0. The van der Waals surface area contributed by atoms with Crippen molar-refractivity contribution in [2.45, 2.75) is 6.04 Å². The quantitative estimate of drug-likeness (QED) is 0.700. The Labute approximate surface area is 103 Å². The van der Waals surface area contributed by atoms with Gasteiger partial charge < -0.3 is 25.4 Å². The van der Waals surface area contributed by atoms with Crippen LogP contribution in [0.4, 0.5) is 0 Å². The predicted molar refractivity (Wildman–Crippen MR) is 61.1 cm³/mol. The molecule has 0 bridgehead atoms. The van der Waals surface area contributed by atoms with Crippen molar-refractivity contribution < 1.29 is 29.3 Å². The van der Waals surface area contributed by atoms with E-state index < -0.39 is 18.0 Å². The van der Waals surface area contributed by atoms with Crippen LogP contribution in [-0.2, 0) is 4.79 Å². The van der Waals surface area contributed by atoms with E-state index in [2.05, 4.69) is 0 Å². The molecule has 1 atom stereocenters. The van der Waals surface area contributed by atoms with E-state index in [4.69, 9.17) is 25.4 Å². The van der Waals surface area contributed by atoms with Gasteiger partial charge in [0.2, 0.25) is 0 Å². The van der Waals surface area contributed by atoms with E-state index >= 15 is 0 Å². The van der Waals surface area contributed by atoms with Gasteiger partial charge in [-0.2, -0.15) is 0 Å². The lowest BCUT2D eigenvalue weighted by molar-refractivity contribution is -0.138. The van der Waals surface area contributed by atoms with Crippen LogP contribution in [0.15, 0.2) is 12.1 Å². The van der Waals surface area contributed by atoms with E-state index in [1.165, 1.54) is 20.3 Å². The maximum absolute atomic E-state index is 10.9. The number of carboxylic acids is 2. The third-order valence-electron chi connectivity index (χ3n) is 2.36. The molecule has 4 N–H and O–H groups in total. The second-order valence-electron chi connectivity index (χ2n) is 3.42. The number of hydrogen-bond acceptors (Lipinski definition) is 5. The lowest BCUT2D eigenvalue weighted by Gasteiger charge is -2.16. The summed E-state index contributed by atoms with van der Waals surface area (Å²) in [6, 6.07) is 0.995. The van der Waals surface area contributed by atoms with Crippen molar-refractivity contribution in [3.8, 4) is 11.5 Å². The van der Waals surface area contributed by atoms with Crippen LogP contribution in [0.3, 0.4) is 0 Å². The van der Waals surface area contributed by atoms with E-state index in [9.17, 15) is 9.59 Å². The molecule has 0 amide bonds. The zero-order chi connectivity index (χ0) is 13.9. The molecule has 1 aromatic carbocycles. The number of nitrogens with two attached hydrogens (primary N) is 1. The number of ether oxygens (including phenoxy) is 2. The average molecular weight is 255 g/mol. The summed E-state index contributed by atoms with van der Waals surface area (Å²) in [6.45, 7) is 0. The van der Waals surface area contributed by atoms with Gasteiger partial charge in [0.05, 0.1) is 19.8 Å². The molecule has 0 spiro atoms. The van der Waals surface area contributed by atoms with Crippen LogP contribution in [0.1, 0.15) is 22.0 Å². The first kappa shape index (κ1) is 13.8. The van der Waals surface area contributed by atoms with Crippen molar-refractivity contribution in [3.63, 3.8) is 0 Å². The Bertz CT molecular complexity index is 485. The van der Waals surface area contributed by atoms with E-state index in [-0.39, 0.29) is 22.6 Å². The highest BCUT2D eigenvalue weighted by Gasteiger charge is 2.24. The fraction of sp³-hybridized carbons (Fsp3) is 0.273. The molecule has 18 heavy (non-hydrogen) atoms. The highest BCUT2D eigenvalue weighted by molar-refractivity contribution is 5.90. The molecule has 98 valence electrons. The standard InChI is InChI=1S/C11H13NO6/c1-17-7-4-5(10(13)14)3-6(9(7)18-2)8(12)11(15)16/h3-4,8H,12H2,1-2H3,(H,13,14)(H,15,16). The molecular formula is C11H13NO6. The maximum atomic E-state index is 10.9. The molecule has 0 heterocycles. The van der Waals surface area contributed by atoms with Crippen LogP contribution in [-0.4, -0.2) is 36.4 Å². The molecule has 7 nitrogen and oxygen atoms in total. The first-order valence-corrected chi connectivity index (χ1v) is 4.90. The normalized spacial score (nSPS) is 11.7. The first-order chi connectivity index (χ1) is 8.42. The van der Waals surface area contributed by atoms with Gasteiger partial charge in [-0.25, -0.2) is 4.79 Å². The zero-order valence-corrected chi connectivity index (χ0v) is 9.84. The van der Waals surface area contributed by atoms with Crippen LogP contribution in [0.5, 0.6) is 11.5 Å². The molecule has 0 saturated heterocycles. The summed E-state index contributed by atoms with van der Waals surface area (Å²) in [5, 5.41) is 17.8. The predicted octanol–water partition coefficient (Wildman–Crippen LogP) is 0.486. The van der Waals surface area contributed by atoms with Crippen molar-refractivity contribution in [2.24, 2.45) is 5.73 Å². The van der Waals surface area contributed by atoms with Crippen LogP contribution in [0.2, 0.25) is 0 Å². The van der Waals surface area contributed by atoms with Gasteiger partial charge in [-0.1, -0.05) is 0 Å². The van der Waals surface area contributed by atoms with Gasteiger partial charge in [0.15, 0.2) is 11.5 Å². The third-order valence-corrected chi connectivity index (χ3v) is 2.36. The molecule has 0 saturated carbocycles. The average Bonchev–Trinajstić information content (AvgIpc) is 2.35. The van der Waals surface area contributed by atoms with Crippen LogP contribution < -0.4 is 15.2 Å². The van der Waals surface area contributed by atoms with E-state index in [0.29, 0.717) is 0 Å². The topological polar surface area (TPSA) is 119 Å². The summed E-state index contributed by atoms with van der Waals surface area (Å²) < 4.78 is 9.97. The Morgan fingerprint density at radius 1 is 1.22 bits per heavy atom. The summed E-state index contributed by atoms with van der Waals surface area (Å²) in [7, 11) is 2.63. The molecule has 1 unspecified atom stereocenters. The molecule has 1 rings (SSSR count). The number of hydrogen-bond donors (Lipinski definition) is 3. The fourth-order valence-corrected chi connectivity index (χ4v) is 1.48. The Morgan fingerprint density at radius 3 is 2.22 bits per heavy atom. The molecule has 0 aliphatic rings. The summed E-state index contributed by atoms with van der Waals surface area (Å²) in [4.78, 5) is 21.8. The molecule has 1 aromatic rings. The number of aromatic carboxylic acids is 1. The highest BCUT2D eigenvalue weighted by atomic mass is 16.5. The third kappa shape index (κ3) is 2.51. The van der Waals surface area contributed by atoms with Crippen molar-refractivity contribution in [1.29, 1.82) is 0 Å². The first-order valence-electron chi connectivity index (χ1n) is 4.90. The molecule has 0 aliphatic heterocycles. The van der Waals surface area contributed by atoms with Crippen molar-refractivity contribution in [1.82, 2.24) is 0 Å². The summed E-state index contributed by atoms with van der Waals surface area (Å²) in [5.41, 5.74) is 5.40. The SMILES string of the molecule is COc1cc(C(=O)O)cc(C(N)C(=O)O)c1OC. The van der Waals surface area contributed by atoms with Gasteiger partial charge in [0.25, 0.3) is 0 Å². The fourth-order valence-electron chi connectivity index (χ4n) is 1.48. The van der Waals surface area contributed by atoms with Crippen molar-refractivity contribution >= 4 is 11.9 Å². The monoisotopic (exact) mass is 255 g/mol. The largest absolute Gasteiger partial charge is 0.493 e. The molecule has 0 aromatic heterocycles. The number of benzene rings is 1. The molecule has 0 fully saturated rings. The van der Waals surface area contributed by atoms with Gasteiger partial charge >= 0.3 is 11.9 Å². The minimum atomic E-state index is -1.40. The number of aliphatic carboxylic acids is 1. The van der Waals surface area contributed by atoms with E-state index in [1.807, 2.05) is 0 Å². The van der Waals surface area contributed by atoms with Crippen LogP contribution in [0.25, 0.3) is 0 Å². The second kappa shape index (κ2) is 5.37. The number of rotatable bonds is 5. The Balaban J connectivity index is 3.49. The Kier molecular flexibility index (Phi) is 4.11.